The Hall–Kier alpha value is -2.04. The zero-order valence-electron chi connectivity index (χ0n) is 9.95. The molecule has 0 atom stereocenters. The van der Waals surface area contributed by atoms with Crippen molar-refractivity contribution in [1.82, 2.24) is 10.9 Å². The Kier molecular flexibility index (Phi) is 5.00. The Morgan fingerprint density at radius 3 is 2.35 bits per heavy atom. The Morgan fingerprint density at radius 2 is 1.82 bits per heavy atom. The normalized spacial score (nSPS) is 9.53. The Labute approximate surface area is 100 Å². The second-order valence-electron chi connectivity index (χ2n) is 3.52. The zero-order valence-corrected chi connectivity index (χ0v) is 9.95. The van der Waals surface area contributed by atoms with Crippen molar-refractivity contribution < 1.29 is 14.3 Å². The van der Waals surface area contributed by atoms with Crippen molar-refractivity contribution in [3.63, 3.8) is 0 Å². The molecule has 0 radical (unpaired) electrons. The molecule has 5 heteroatoms. The summed E-state index contributed by atoms with van der Waals surface area (Å²) in [6.45, 7) is 3.24. The van der Waals surface area contributed by atoms with Crippen molar-refractivity contribution in [1.29, 1.82) is 0 Å². The summed E-state index contributed by atoms with van der Waals surface area (Å²) in [5.74, 6) is -0.106. The first kappa shape index (κ1) is 13.0. The van der Waals surface area contributed by atoms with Gasteiger partial charge in [0, 0.05) is 6.92 Å². The lowest BCUT2D eigenvalue weighted by Crippen LogP contribution is -2.42. The minimum Gasteiger partial charge on any atom is -0.484 e. The molecule has 1 rings (SSSR count). The molecule has 17 heavy (non-hydrogen) atoms. The molecule has 92 valence electrons. The Balaban J connectivity index is 2.34. The third-order valence-electron chi connectivity index (χ3n) is 2.08. The number of hydrazine groups is 1. The lowest BCUT2D eigenvalue weighted by Gasteiger charge is -2.07. The van der Waals surface area contributed by atoms with Gasteiger partial charge in [0.05, 0.1) is 0 Å². The maximum absolute atomic E-state index is 11.2. The first-order chi connectivity index (χ1) is 8.11. The Bertz CT molecular complexity index is 387. The third-order valence-corrected chi connectivity index (χ3v) is 2.08. The number of hydrogen-bond donors (Lipinski definition) is 2. The van der Waals surface area contributed by atoms with Crippen LogP contribution in [0.15, 0.2) is 24.3 Å². The van der Waals surface area contributed by atoms with Crippen molar-refractivity contribution in [3.05, 3.63) is 29.8 Å². The first-order valence-corrected chi connectivity index (χ1v) is 5.39. The quantitative estimate of drug-likeness (QED) is 0.760. The van der Waals surface area contributed by atoms with Crippen LogP contribution in [-0.4, -0.2) is 18.4 Å². The van der Waals surface area contributed by atoms with E-state index in [-0.39, 0.29) is 12.5 Å². The lowest BCUT2D eigenvalue weighted by molar-refractivity contribution is -0.129. The fourth-order valence-corrected chi connectivity index (χ4v) is 1.16. The molecule has 1 aromatic carbocycles. The molecule has 2 amide bonds. The molecule has 0 aliphatic rings. The van der Waals surface area contributed by atoms with Crippen molar-refractivity contribution in [3.8, 4) is 5.75 Å². The number of ether oxygens (including phenoxy) is 1. The van der Waals surface area contributed by atoms with E-state index in [2.05, 4.69) is 17.8 Å². The molecule has 0 saturated carbocycles. The molecule has 0 spiro atoms. The molecule has 0 bridgehead atoms. The van der Waals surface area contributed by atoms with Gasteiger partial charge < -0.3 is 4.74 Å². The van der Waals surface area contributed by atoms with Crippen molar-refractivity contribution in [2.24, 2.45) is 0 Å². The van der Waals surface area contributed by atoms with E-state index in [0.717, 1.165) is 6.42 Å². The van der Waals surface area contributed by atoms with Crippen LogP contribution >= 0.6 is 0 Å². The van der Waals surface area contributed by atoms with Crippen LogP contribution < -0.4 is 15.6 Å². The highest BCUT2D eigenvalue weighted by Crippen LogP contribution is 2.12. The van der Waals surface area contributed by atoms with Gasteiger partial charge in [0.25, 0.3) is 5.91 Å². The number of benzene rings is 1. The molecular weight excluding hydrogens is 220 g/mol. The summed E-state index contributed by atoms with van der Waals surface area (Å²) in [4.78, 5) is 21.7. The van der Waals surface area contributed by atoms with Crippen molar-refractivity contribution >= 4 is 11.8 Å². The average Bonchev–Trinajstić information content (AvgIpc) is 2.34. The van der Waals surface area contributed by atoms with E-state index in [9.17, 15) is 9.59 Å². The van der Waals surface area contributed by atoms with Crippen LogP contribution in [0.2, 0.25) is 0 Å². The number of carbonyl (C=O) groups is 2. The smallest absolute Gasteiger partial charge is 0.276 e. The maximum atomic E-state index is 11.2. The Morgan fingerprint density at radius 1 is 1.18 bits per heavy atom. The molecule has 5 nitrogen and oxygen atoms in total. The van der Waals surface area contributed by atoms with E-state index in [0.29, 0.717) is 5.75 Å². The summed E-state index contributed by atoms with van der Waals surface area (Å²) < 4.78 is 5.24. The van der Waals surface area contributed by atoms with Gasteiger partial charge in [-0.1, -0.05) is 19.1 Å². The largest absolute Gasteiger partial charge is 0.484 e. The van der Waals surface area contributed by atoms with Crippen LogP contribution in [0.3, 0.4) is 0 Å². The topological polar surface area (TPSA) is 67.4 Å². The van der Waals surface area contributed by atoms with Gasteiger partial charge in [-0.25, -0.2) is 0 Å². The van der Waals surface area contributed by atoms with Gasteiger partial charge in [-0.05, 0) is 24.1 Å². The number of carbonyl (C=O) groups excluding carboxylic acids is 2. The van der Waals surface area contributed by atoms with Gasteiger partial charge in [-0.2, -0.15) is 0 Å². The summed E-state index contributed by atoms with van der Waals surface area (Å²) in [6, 6.07) is 7.51. The van der Waals surface area contributed by atoms with Crippen LogP contribution in [-0.2, 0) is 16.0 Å². The zero-order chi connectivity index (χ0) is 12.7. The predicted octanol–water partition coefficient (Wildman–Crippen LogP) is 0.795. The monoisotopic (exact) mass is 236 g/mol. The summed E-state index contributed by atoms with van der Waals surface area (Å²) in [6.07, 6.45) is 0.962. The molecule has 1 aromatic rings. The maximum Gasteiger partial charge on any atom is 0.276 e. The second-order valence-corrected chi connectivity index (χ2v) is 3.52. The van der Waals surface area contributed by atoms with E-state index < -0.39 is 5.91 Å². The fraction of sp³-hybridized carbons (Fsp3) is 0.333. The van der Waals surface area contributed by atoms with E-state index >= 15 is 0 Å². The summed E-state index contributed by atoms with van der Waals surface area (Å²) in [7, 11) is 0. The number of aryl methyl sites for hydroxylation is 1. The molecule has 0 aliphatic carbocycles. The van der Waals surface area contributed by atoms with Gasteiger partial charge in [0.1, 0.15) is 5.75 Å². The van der Waals surface area contributed by atoms with Gasteiger partial charge in [0.2, 0.25) is 5.91 Å². The minimum atomic E-state index is -0.403. The van der Waals surface area contributed by atoms with Gasteiger partial charge in [-0.15, -0.1) is 0 Å². The van der Waals surface area contributed by atoms with E-state index in [1.54, 1.807) is 0 Å². The van der Waals surface area contributed by atoms with Crippen LogP contribution in [0.1, 0.15) is 19.4 Å². The summed E-state index contributed by atoms with van der Waals surface area (Å²) >= 11 is 0. The van der Waals surface area contributed by atoms with Crippen molar-refractivity contribution in [2.75, 3.05) is 6.61 Å². The SMILES string of the molecule is CCc1ccc(OCC(=O)NNC(C)=O)cc1. The van der Waals surface area contributed by atoms with Crippen LogP contribution in [0, 0.1) is 0 Å². The highest BCUT2D eigenvalue weighted by atomic mass is 16.5. The minimum absolute atomic E-state index is 0.133. The summed E-state index contributed by atoms with van der Waals surface area (Å²) in [5, 5.41) is 0. The van der Waals surface area contributed by atoms with Gasteiger partial charge in [0.15, 0.2) is 6.61 Å². The molecule has 0 aliphatic heterocycles. The van der Waals surface area contributed by atoms with E-state index in [1.165, 1.54) is 12.5 Å². The van der Waals surface area contributed by atoms with Crippen LogP contribution in [0.4, 0.5) is 0 Å². The standard InChI is InChI=1S/C12H16N2O3/c1-3-10-4-6-11(7-5-10)17-8-12(16)14-13-9(2)15/h4-7H,3,8H2,1-2H3,(H,13,15)(H,14,16). The average molecular weight is 236 g/mol. The molecule has 0 saturated heterocycles. The molecular formula is C12H16N2O3. The third kappa shape index (κ3) is 5.01. The van der Waals surface area contributed by atoms with Crippen molar-refractivity contribution in [2.45, 2.75) is 20.3 Å². The molecule has 2 N–H and O–H groups in total. The number of hydrogen-bond acceptors (Lipinski definition) is 3. The first-order valence-electron chi connectivity index (χ1n) is 5.39. The van der Waals surface area contributed by atoms with Gasteiger partial charge >= 0.3 is 0 Å². The number of nitrogens with one attached hydrogen (secondary N) is 2. The van der Waals surface area contributed by atoms with Gasteiger partial charge in [-0.3, -0.25) is 20.4 Å². The number of amides is 2. The predicted molar refractivity (Wildman–Crippen MR) is 63.3 cm³/mol. The highest BCUT2D eigenvalue weighted by molar-refractivity contribution is 5.81. The molecule has 0 heterocycles. The van der Waals surface area contributed by atoms with Crippen LogP contribution in [0.25, 0.3) is 0 Å². The highest BCUT2D eigenvalue weighted by Gasteiger charge is 2.02. The molecule has 0 fully saturated rings. The van der Waals surface area contributed by atoms with E-state index in [4.69, 9.17) is 4.74 Å². The second kappa shape index (κ2) is 6.52. The molecule has 0 unspecified atom stereocenters. The fourth-order valence-electron chi connectivity index (χ4n) is 1.16. The lowest BCUT2D eigenvalue weighted by atomic mass is 10.2. The molecule has 0 aromatic heterocycles. The summed E-state index contributed by atoms with van der Waals surface area (Å²) in [5.41, 5.74) is 5.60. The number of rotatable bonds is 4. The van der Waals surface area contributed by atoms with E-state index in [1.807, 2.05) is 24.3 Å². The van der Waals surface area contributed by atoms with Crippen LogP contribution in [0.5, 0.6) is 5.75 Å².